The summed E-state index contributed by atoms with van der Waals surface area (Å²) >= 11 is 0. The number of fused-ring (bicyclic) bond motifs is 1. The Balaban J connectivity index is 1.93. The highest BCUT2D eigenvalue weighted by atomic mass is 15.2. The van der Waals surface area contributed by atoms with Gasteiger partial charge in [-0.1, -0.05) is 54.6 Å². The molecular formula is C19H18N2. The molecule has 0 N–H and O–H groups in total. The summed E-state index contributed by atoms with van der Waals surface area (Å²) in [6, 6.07) is 19.1. The smallest absolute Gasteiger partial charge is 0.136 e. The molecular weight excluding hydrogens is 256 g/mol. The summed E-state index contributed by atoms with van der Waals surface area (Å²) in [5.74, 6) is 1.14. The van der Waals surface area contributed by atoms with Gasteiger partial charge in [-0.3, -0.25) is 0 Å². The van der Waals surface area contributed by atoms with Gasteiger partial charge in [0.2, 0.25) is 0 Å². The Bertz CT molecular complexity index is 759. The van der Waals surface area contributed by atoms with Gasteiger partial charge in [0.25, 0.3) is 0 Å². The summed E-state index contributed by atoms with van der Waals surface area (Å²) in [5.41, 5.74) is 2.45. The first-order valence-electron chi connectivity index (χ1n) is 7.61. The maximum Gasteiger partial charge on any atom is 0.136 e. The van der Waals surface area contributed by atoms with E-state index in [4.69, 9.17) is 4.98 Å². The monoisotopic (exact) mass is 274 g/mol. The minimum Gasteiger partial charge on any atom is -0.356 e. The van der Waals surface area contributed by atoms with Crippen LogP contribution in [0.3, 0.4) is 0 Å². The molecule has 1 aromatic heterocycles. The van der Waals surface area contributed by atoms with Crippen molar-refractivity contribution in [2.75, 3.05) is 18.0 Å². The molecule has 1 saturated heterocycles. The number of hydrogen-bond donors (Lipinski definition) is 0. The predicted octanol–water partition coefficient (Wildman–Crippen LogP) is 4.50. The number of aromatic nitrogens is 1. The van der Waals surface area contributed by atoms with Gasteiger partial charge in [0.1, 0.15) is 5.82 Å². The molecule has 1 fully saturated rings. The summed E-state index contributed by atoms with van der Waals surface area (Å²) < 4.78 is 0. The molecule has 0 spiro atoms. The molecule has 0 unspecified atom stereocenters. The highest BCUT2D eigenvalue weighted by Crippen LogP contribution is 2.33. The third kappa shape index (κ3) is 2.17. The van der Waals surface area contributed by atoms with Crippen molar-refractivity contribution in [2.45, 2.75) is 12.8 Å². The fourth-order valence-electron chi connectivity index (χ4n) is 3.21. The molecule has 0 saturated carbocycles. The Hall–Kier alpha value is -2.35. The number of benzene rings is 2. The summed E-state index contributed by atoms with van der Waals surface area (Å²) in [6.45, 7) is 2.25. The zero-order chi connectivity index (χ0) is 14.1. The van der Waals surface area contributed by atoms with Crippen LogP contribution in [0.4, 0.5) is 5.82 Å². The van der Waals surface area contributed by atoms with Crippen LogP contribution < -0.4 is 4.90 Å². The Kier molecular flexibility index (Phi) is 3.07. The van der Waals surface area contributed by atoms with Gasteiger partial charge in [-0.25, -0.2) is 4.98 Å². The first-order valence-corrected chi connectivity index (χ1v) is 7.61. The second-order valence-corrected chi connectivity index (χ2v) is 5.60. The molecule has 2 aromatic carbocycles. The van der Waals surface area contributed by atoms with Gasteiger partial charge in [-0.15, -0.1) is 0 Å². The quantitative estimate of drug-likeness (QED) is 0.684. The van der Waals surface area contributed by atoms with E-state index >= 15 is 0 Å². The van der Waals surface area contributed by atoms with Gasteiger partial charge >= 0.3 is 0 Å². The van der Waals surface area contributed by atoms with Crippen molar-refractivity contribution in [3.05, 3.63) is 60.8 Å². The largest absolute Gasteiger partial charge is 0.356 e. The van der Waals surface area contributed by atoms with E-state index in [0.29, 0.717) is 0 Å². The summed E-state index contributed by atoms with van der Waals surface area (Å²) in [4.78, 5) is 7.20. The maximum atomic E-state index is 4.79. The Morgan fingerprint density at radius 3 is 2.19 bits per heavy atom. The molecule has 0 atom stereocenters. The third-order valence-corrected chi connectivity index (χ3v) is 4.26. The zero-order valence-electron chi connectivity index (χ0n) is 12.0. The molecule has 0 amide bonds. The van der Waals surface area contributed by atoms with E-state index in [-0.39, 0.29) is 0 Å². The number of rotatable bonds is 2. The first kappa shape index (κ1) is 12.4. The lowest BCUT2D eigenvalue weighted by Gasteiger charge is -2.19. The van der Waals surface area contributed by atoms with E-state index in [9.17, 15) is 0 Å². The summed E-state index contributed by atoms with van der Waals surface area (Å²) in [5, 5.41) is 2.56. The average molecular weight is 274 g/mol. The zero-order valence-corrected chi connectivity index (χ0v) is 12.0. The molecule has 4 rings (SSSR count). The minimum absolute atomic E-state index is 1.13. The fourth-order valence-corrected chi connectivity index (χ4v) is 3.21. The van der Waals surface area contributed by atoms with Gasteiger partial charge in [-0.2, -0.15) is 0 Å². The van der Waals surface area contributed by atoms with E-state index < -0.39 is 0 Å². The van der Waals surface area contributed by atoms with Crippen molar-refractivity contribution >= 4 is 16.6 Å². The summed E-state index contributed by atoms with van der Waals surface area (Å²) in [7, 11) is 0. The molecule has 104 valence electrons. The minimum atomic E-state index is 1.13. The van der Waals surface area contributed by atoms with Crippen molar-refractivity contribution in [3.63, 3.8) is 0 Å². The normalized spacial score (nSPS) is 14.8. The highest BCUT2D eigenvalue weighted by Gasteiger charge is 2.17. The number of pyridine rings is 1. The molecule has 0 bridgehead atoms. The molecule has 21 heavy (non-hydrogen) atoms. The third-order valence-electron chi connectivity index (χ3n) is 4.26. The Morgan fingerprint density at radius 2 is 1.43 bits per heavy atom. The van der Waals surface area contributed by atoms with Crippen LogP contribution in [0.1, 0.15) is 12.8 Å². The van der Waals surface area contributed by atoms with Crippen molar-refractivity contribution in [1.29, 1.82) is 0 Å². The summed E-state index contributed by atoms with van der Waals surface area (Å²) in [6.07, 6.45) is 4.58. The van der Waals surface area contributed by atoms with Crippen molar-refractivity contribution in [1.82, 2.24) is 4.98 Å². The van der Waals surface area contributed by atoms with Crippen molar-refractivity contribution < 1.29 is 0 Å². The lowest BCUT2D eigenvalue weighted by atomic mass is 10.0. The lowest BCUT2D eigenvalue weighted by Crippen LogP contribution is -2.19. The molecule has 0 radical (unpaired) electrons. The predicted molar refractivity (Wildman–Crippen MR) is 88.6 cm³/mol. The topological polar surface area (TPSA) is 16.1 Å². The van der Waals surface area contributed by atoms with Gasteiger partial charge in [0, 0.05) is 30.2 Å². The number of nitrogens with zero attached hydrogens (tertiary/aromatic N) is 2. The van der Waals surface area contributed by atoms with E-state index in [2.05, 4.69) is 59.5 Å². The van der Waals surface area contributed by atoms with Crippen LogP contribution in [-0.2, 0) is 0 Å². The molecule has 2 heterocycles. The van der Waals surface area contributed by atoms with Crippen LogP contribution >= 0.6 is 0 Å². The molecule has 3 aromatic rings. The van der Waals surface area contributed by atoms with Crippen LogP contribution in [0, 0.1) is 0 Å². The van der Waals surface area contributed by atoms with Gasteiger partial charge in [-0.05, 0) is 23.8 Å². The van der Waals surface area contributed by atoms with E-state index in [1.807, 2.05) is 6.20 Å². The molecule has 0 aliphatic carbocycles. The first-order chi connectivity index (χ1) is 10.4. The van der Waals surface area contributed by atoms with Gasteiger partial charge < -0.3 is 4.90 Å². The van der Waals surface area contributed by atoms with Gasteiger partial charge in [0.05, 0.1) is 0 Å². The van der Waals surface area contributed by atoms with Crippen LogP contribution in [0.2, 0.25) is 0 Å². The van der Waals surface area contributed by atoms with E-state index in [0.717, 1.165) is 18.9 Å². The van der Waals surface area contributed by atoms with Crippen LogP contribution in [0.15, 0.2) is 60.8 Å². The standard InChI is InChI=1S/C19H18N2/c1-2-8-15(9-3-1)18-14-20-19(21-12-6-7-13-21)17-11-5-4-10-16(17)18/h1-5,8-11,14H,6-7,12-13H2. The molecule has 1 aliphatic rings. The van der Waals surface area contributed by atoms with Crippen LogP contribution in [-0.4, -0.2) is 18.1 Å². The van der Waals surface area contributed by atoms with Gasteiger partial charge in [0.15, 0.2) is 0 Å². The van der Waals surface area contributed by atoms with E-state index in [1.165, 1.54) is 34.7 Å². The second-order valence-electron chi connectivity index (χ2n) is 5.60. The van der Waals surface area contributed by atoms with Crippen LogP contribution in [0.25, 0.3) is 21.9 Å². The fraction of sp³-hybridized carbons (Fsp3) is 0.211. The average Bonchev–Trinajstić information content (AvgIpc) is 3.09. The van der Waals surface area contributed by atoms with Crippen LogP contribution in [0.5, 0.6) is 0 Å². The number of anilines is 1. The molecule has 2 nitrogen and oxygen atoms in total. The Morgan fingerprint density at radius 1 is 0.762 bits per heavy atom. The SMILES string of the molecule is c1ccc(-c2cnc(N3CCCC3)c3ccccc23)cc1. The molecule has 1 aliphatic heterocycles. The second kappa shape index (κ2) is 5.21. The van der Waals surface area contributed by atoms with Crippen molar-refractivity contribution in [2.24, 2.45) is 0 Å². The highest BCUT2D eigenvalue weighted by molar-refractivity contribution is 6.01. The molecule has 2 heteroatoms. The van der Waals surface area contributed by atoms with Crippen molar-refractivity contribution in [3.8, 4) is 11.1 Å². The number of hydrogen-bond acceptors (Lipinski definition) is 2. The van der Waals surface area contributed by atoms with E-state index in [1.54, 1.807) is 0 Å². The Labute approximate surface area is 125 Å². The maximum absolute atomic E-state index is 4.79. The lowest BCUT2D eigenvalue weighted by molar-refractivity contribution is 0.946.